The summed E-state index contributed by atoms with van der Waals surface area (Å²) in [5.41, 5.74) is 5.98. The molecule has 0 amide bonds. The maximum absolute atomic E-state index is 5.99. The van der Waals surface area contributed by atoms with Crippen molar-refractivity contribution in [1.82, 2.24) is 40.3 Å². The van der Waals surface area contributed by atoms with Gasteiger partial charge in [0.2, 0.25) is 11.6 Å². The lowest BCUT2D eigenvalue weighted by atomic mass is 9.95. The maximum atomic E-state index is 5.99. The number of nitrogens with one attached hydrogen (secondary N) is 1. The van der Waals surface area contributed by atoms with Gasteiger partial charge in [0.1, 0.15) is 11.6 Å². The van der Waals surface area contributed by atoms with Crippen molar-refractivity contribution in [3.8, 4) is 40.0 Å². The number of benzene rings is 3. The molecule has 3 heterocycles. The molecule has 200 valence electrons. The lowest BCUT2D eigenvalue weighted by Crippen LogP contribution is -2.14. The molecular formula is C30H28N8O2. The van der Waals surface area contributed by atoms with Crippen molar-refractivity contribution >= 4 is 11.0 Å². The summed E-state index contributed by atoms with van der Waals surface area (Å²) in [4.78, 5) is 9.60. The standard InChI is InChI=1S/C30H28N8O2/c1-19-7-5-6-10-24(19)30-32-27(35-40-30)18-39-23-14-11-20(12-15-23)29-31-25-17-21(28-33-36-37-34-28)13-16-26(25)38(29)22-8-3-2-4-9-22/h5-7,10-17,22H,2-4,8-9,18H2,1H3,(H,33,34,36,37). The molecular weight excluding hydrogens is 504 g/mol. The zero-order chi connectivity index (χ0) is 26.9. The van der Waals surface area contributed by atoms with Gasteiger partial charge in [-0.25, -0.2) is 4.98 Å². The number of aryl methyl sites for hydroxylation is 1. The highest BCUT2D eigenvalue weighted by molar-refractivity contribution is 5.84. The van der Waals surface area contributed by atoms with Crippen LogP contribution in [0.25, 0.3) is 45.3 Å². The Morgan fingerprint density at radius 1 is 0.950 bits per heavy atom. The van der Waals surface area contributed by atoms with Crippen LogP contribution in [0.1, 0.15) is 49.5 Å². The highest BCUT2D eigenvalue weighted by atomic mass is 16.5. The Bertz CT molecular complexity index is 1750. The van der Waals surface area contributed by atoms with Gasteiger partial charge >= 0.3 is 0 Å². The van der Waals surface area contributed by atoms with E-state index >= 15 is 0 Å². The number of H-pyrrole nitrogens is 1. The molecule has 10 nitrogen and oxygen atoms in total. The zero-order valence-corrected chi connectivity index (χ0v) is 22.1. The number of fused-ring (bicyclic) bond motifs is 1. The van der Waals surface area contributed by atoms with Gasteiger partial charge in [-0.1, -0.05) is 42.6 Å². The molecule has 6 aromatic rings. The van der Waals surface area contributed by atoms with Crippen LogP contribution in [-0.4, -0.2) is 40.3 Å². The van der Waals surface area contributed by atoms with Crippen molar-refractivity contribution in [3.05, 3.63) is 78.1 Å². The van der Waals surface area contributed by atoms with Crippen LogP contribution in [0, 0.1) is 6.92 Å². The van der Waals surface area contributed by atoms with Crippen molar-refractivity contribution in [2.45, 2.75) is 51.7 Å². The molecule has 7 rings (SSSR count). The van der Waals surface area contributed by atoms with Crippen LogP contribution >= 0.6 is 0 Å². The molecule has 1 saturated carbocycles. The summed E-state index contributed by atoms with van der Waals surface area (Å²) in [7, 11) is 0. The van der Waals surface area contributed by atoms with Crippen LogP contribution in [-0.2, 0) is 6.61 Å². The third-order valence-electron chi connectivity index (χ3n) is 7.56. The van der Waals surface area contributed by atoms with Crippen molar-refractivity contribution in [3.63, 3.8) is 0 Å². The number of aromatic nitrogens is 8. The lowest BCUT2D eigenvalue weighted by molar-refractivity contribution is 0.287. The van der Waals surface area contributed by atoms with E-state index in [9.17, 15) is 0 Å². The first kappa shape index (κ1) is 24.2. The zero-order valence-electron chi connectivity index (χ0n) is 22.1. The van der Waals surface area contributed by atoms with Crippen LogP contribution in [0.2, 0.25) is 0 Å². The molecule has 0 radical (unpaired) electrons. The number of imidazole rings is 1. The summed E-state index contributed by atoms with van der Waals surface area (Å²) in [6.45, 7) is 2.24. The largest absolute Gasteiger partial charge is 0.485 e. The van der Waals surface area contributed by atoms with Crippen LogP contribution < -0.4 is 4.74 Å². The average molecular weight is 533 g/mol. The molecule has 1 fully saturated rings. The van der Waals surface area contributed by atoms with E-state index in [1.54, 1.807) is 0 Å². The van der Waals surface area contributed by atoms with E-state index in [1.165, 1.54) is 19.3 Å². The van der Waals surface area contributed by atoms with E-state index in [0.29, 0.717) is 23.6 Å². The molecule has 1 aliphatic rings. The predicted molar refractivity (Wildman–Crippen MR) is 149 cm³/mol. The van der Waals surface area contributed by atoms with Crippen LogP contribution in [0.5, 0.6) is 5.75 Å². The highest BCUT2D eigenvalue weighted by Gasteiger charge is 2.23. The normalized spacial score (nSPS) is 14.1. The van der Waals surface area contributed by atoms with E-state index in [2.05, 4.69) is 53.5 Å². The minimum atomic E-state index is 0.216. The number of aromatic amines is 1. The molecule has 3 aromatic heterocycles. The second-order valence-electron chi connectivity index (χ2n) is 10.2. The van der Waals surface area contributed by atoms with Gasteiger partial charge in [0, 0.05) is 22.7 Å². The Morgan fingerprint density at radius 2 is 1.77 bits per heavy atom. The Morgan fingerprint density at radius 3 is 2.58 bits per heavy atom. The molecule has 10 heteroatoms. The second-order valence-corrected chi connectivity index (χ2v) is 10.2. The van der Waals surface area contributed by atoms with Gasteiger partial charge in [0.15, 0.2) is 6.61 Å². The maximum Gasteiger partial charge on any atom is 0.258 e. The third-order valence-corrected chi connectivity index (χ3v) is 7.56. The fraction of sp³-hybridized carbons (Fsp3) is 0.267. The minimum absolute atomic E-state index is 0.216. The molecule has 0 atom stereocenters. The summed E-state index contributed by atoms with van der Waals surface area (Å²) in [5, 5.41) is 18.6. The van der Waals surface area contributed by atoms with Crippen LogP contribution in [0.4, 0.5) is 0 Å². The Kier molecular flexibility index (Phi) is 6.27. The lowest BCUT2D eigenvalue weighted by Gasteiger charge is -2.25. The second kappa shape index (κ2) is 10.4. The van der Waals surface area contributed by atoms with E-state index in [1.807, 2.05) is 55.5 Å². The Hall–Kier alpha value is -4.86. The molecule has 0 saturated heterocycles. The van der Waals surface area contributed by atoms with Gasteiger partial charge in [0.25, 0.3) is 5.89 Å². The van der Waals surface area contributed by atoms with Crippen molar-refractivity contribution in [1.29, 1.82) is 0 Å². The Balaban J connectivity index is 1.15. The van der Waals surface area contributed by atoms with Crippen LogP contribution in [0.3, 0.4) is 0 Å². The topological polar surface area (TPSA) is 120 Å². The summed E-state index contributed by atoms with van der Waals surface area (Å²) in [6.07, 6.45) is 6.07. The first-order valence-corrected chi connectivity index (χ1v) is 13.6. The van der Waals surface area contributed by atoms with Crippen LogP contribution in [0.15, 0.2) is 71.3 Å². The van der Waals surface area contributed by atoms with Gasteiger partial charge in [0.05, 0.1) is 11.0 Å². The first-order chi connectivity index (χ1) is 19.7. The quantitative estimate of drug-likeness (QED) is 0.253. The molecule has 3 aromatic carbocycles. The van der Waals surface area contributed by atoms with E-state index in [4.69, 9.17) is 14.2 Å². The summed E-state index contributed by atoms with van der Waals surface area (Å²) >= 11 is 0. The number of rotatable bonds is 7. The van der Waals surface area contributed by atoms with E-state index < -0.39 is 0 Å². The number of hydrogen-bond acceptors (Lipinski definition) is 8. The summed E-state index contributed by atoms with van der Waals surface area (Å²) < 4.78 is 13.9. The number of tetrazole rings is 1. The Labute approximate surface area is 230 Å². The van der Waals surface area contributed by atoms with Gasteiger partial charge < -0.3 is 13.8 Å². The fourth-order valence-electron chi connectivity index (χ4n) is 5.52. The van der Waals surface area contributed by atoms with Crippen molar-refractivity contribution < 1.29 is 9.26 Å². The van der Waals surface area contributed by atoms with Crippen molar-refractivity contribution in [2.75, 3.05) is 0 Å². The molecule has 40 heavy (non-hydrogen) atoms. The smallest absolute Gasteiger partial charge is 0.258 e. The number of nitrogens with zero attached hydrogens (tertiary/aromatic N) is 7. The minimum Gasteiger partial charge on any atom is -0.485 e. The molecule has 1 aliphatic carbocycles. The average Bonchev–Trinajstić information content (AvgIpc) is 3.77. The number of ether oxygens (including phenoxy) is 1. The molecule has 0 unspecified atom stereocenters. The third kappa shape index (κ3) is 4.61. The summed E-state index contributed by atoms with van der Waals surface area (Å²) in [6, 6.07) is 22.6. The van der Waals surface area contributed by atoms with Gasteiger partial charge in [-0.3, -0.25) is 0 Å². The SMILES string of the molecule is Cc1ccccc1-c1nc(COc2ccc(-c3nc4cc(-c5nn[nH]n5)ccc4n3C3CCCCC3)cc2)no1. The van der Waals surface area contributed by atoms with Gasteiger partial charge in [-0.05, 0) is 79.1 Å². The molecule has 0 bridgehead atoms. The molecule has 0 spiro atoms. The van der Waals surface area contributed by atoms with Crippen molar-refractivity contribution in [2.24, 2.45) is 0 Å². The fourth-order valence-corrected chi connectivity index (χ4v) is 5.52. The van der Waals surface area contributed by atoms with Gasteiger partial charge in [-0.15, -0.1) is 10.2 Å². The van der Waals surface area contributed by atoms with E-state index in [-0.39, 0.29) is 6.61 Å². The number of hydrogen-bond donors (Lipinski definition) is 1. The molecule has 0 aliphatic heterocycles. The monoisotopic (exact) mass is 532 g/mol. The highest BCUT2D eigenvalue weighted by Crippen LogP contribution is 2.37. The first-order valence-electron chi connectivity index (χ1n) is 13.6. The molecule has 1 N–H and O–H groups in total. The van der Waals surface area contributed by atoms with Gasteiger partial charge in [-0.2, -0.15) is 10.2 Å². The summed E-state index contributed by atoms with van der Waals surface area (Å²) in [5.74, 6) is 3.24. The van der Waals surface area contributed by atoms with E-state index in [0.717, 1.165) is 57.7 Å². The predicted octanol–water partition coefficient (Wildman–Crippen LogP) is 6.33.